The zero-order valence-corrected chi connectivity index (χ0v) is 12.7. The average Bonchev–Trinajstić information content (AvgIpc) is 3.06. The van der Waals surface area contributed by atoms with Crippen LogP contribution in [-0.2, 0) is 11.3 Å². The Morgan fingerprint density at radius 2 is 1.92 bits per heavy atom. The summed E-state index contributed by atoms with van der Waals surface area (Å²) >= 11 is 0. The molecule has 1 heterocycles. The van der Waals surface area contributed by atoms with Crippen LogP contribution in [0, 0.1) is 0 Å². The minimum absolute atomic E-state index is 0.0149. The topological polar surface area (TPSA) is 94.1 Å². The van der Waals surface area contributed by atoms with Gasteiger partial charge in [0, 0.05) is 6.54 Å². The van der Waals surface area contributed by atoms with Gasteiger partial charge in [-0.2, -0.15) is 0 Å². The molecule has 1 amide bonds. The minimum Gasteiger partial charge on any atom is -0.483 e. The molecule has 0 fully saturated rings. The molecule has 0 aromatic heterocycles. The Morgan fingerprint density at radius 1 is 1.12 bits per heavy atom. The normalized spacial score (nSPS) is 11.8. The number of carbonyl (C=O) groups is 2. The summed E-state index contributed by atoms with van der Waals surface area (Å²) in [5, 5.41) is 11.8. The van der Waals surface area contributed by atoms with Crippen molar-refractivity contribution in [1.29, 1.82) is 0 Å². The molecule has 0 saturated carbocycles. The number of rotatable bonds is 6. The first kappa shape index (κ1) is 15.7. The van der Waals surface area contributed by atoms with Crippen LogP contribution in [0.4, 0.5) is 0 Å². The lowest BCUT2D eigenvalue weighted by Crippen LogP contribution is -2.28. The lowest BCUT2D eigenvalue weighted by Gasteiger charge is -2.09. The maximum atomic E-state index is 11.9. The van der Waals surface area contributed by atoms with Crippen molar-refractivity contribution in [2.45, 2.75) is 6.54 Å². The second-order valence-corrected chi connectivity index (χ2v) is 5.05. The summed E-state index contributed by atoms with van der Waals surface area (Å²) in [6.07, 6.45) is 0. The fourth-order valence-electron chi connectivity index (χ4n) is 2.22. The van der Waals surface area contributed by atoms with Gasteiger partial charge in [-0.1, -0.05) is 18.2 Å². The SMILES string of the molecule is O=C(COc1ccccc1C(=O)O)NCc1ccc2c(c1)OCO2. The molecular formula is C17H15NO6. The third-order valence-electron chi connectivity index (χ3n) is 3.40. The van der Waals surface area contributed by atoms with E-state index in [0.29, 0.717) is 18.0 Å². The number of hydrogen-bond acceptors (Lipinski definition) is 5. The van der Waals surface area contributed by atoms with E-state index < -0.39 is 5.97 Å². The largest absolute Gasteiger partial charge is 0.483 e. The van der Waals surface area contributed by atoms with Gasteiger partial charge in [0.05, 0.1) is 0 Å². The quantitative estimate of drug-likeness (QED) is 0.839. The van der Waals surface area contributed by atoms with Crippen LogP contribution in [0.5, 0.6) is 17.2 Å². The summed E-state index contributed by atoms with van der Waals surface area (Å²) in [6, 6.07) is 11.6. The van der Waals surface area contributed by atoms with Crippen LogP contribution in [-0.4, -0.2) is 30.4 Å². The van der Waals surface area contributed by atoms with Gasteiger partial charge in [0.1, 0.15) is 11.3 Å². The smallest absolute Gasteiger partial charge is 0.339 e. The number of benzene rings is 2. The van der Waals surface area contributed by atoms with Gasteiger partial charge < -0.3 is 24.6 Å². The maximum absolute atomic E-state index is 11.9. The molecule has 2 aromatic rings. The van der Waals surface area contributed by atoms with E-state index in [4.69, 9.17) is 19.3 Å². The molecule has 0 bridgehead atoms. The highest BCUT2D eigenvalue weighted by Crippen LogP contribution is 2.32. The van der Waals surface area contributed by atoms with Crippen LogP contribution < -0.4 is 19.5 Å². The van der Waals surface area contributed by atoms with Crippen LogP contribution >= 0.6 is 0 Å². The molecule has 7 heteroatoms. The molecule has 0 aliphatic carbocycles. The van der Waals surface area contributed by atoms with Gasteiger partial charge in [-0.25, -0.2) is 4.79 Å². The molecule has 7 nitrogen and oxygen atoms in total. The number of nitrogens with one attached hydrogen (secondary N) is 1. The number of para-hydroxylation sites is 1. The zero-order valence-electron chi connectivity index (χ0n) is 12.7. The first-order valence-electron chi connectivity index (χ1n) is 7.24. The van der Waals surface area contributed by atoms with E-state index in [9.17, 15) is 9.59 Å². The van der Waals surface area contributed by atoms with Gasteiger partial charge in [-0.15, -0.1) is 0 Å². The van der Waals surface area contributed by atoms with Gasteiger partial charge in [-0.3, -0.25) is 4.79 Å². The second kappa shape index (κ2) is 6.91. The van der Waals surface area contributed by atoms with Gasteiger partial charge in [0.25, 0.3) is 5.91 Å². The number of carboxylic acids is 1. The molecule has 124 valence electrons. The standard InChI is InChI=1S/C17H15NO6/c19-16(9-22-13-4-2-1-3-12(13)17(20)21)18-8-11-5-6-14-15(7-11)24-10-23-14/h1-7H,8-10H2,(H,18,19)(H,20,21). The Bertz CT molecular complexity index is 773. The second-order valence-electron chi connectivity index (χ2n) is 5.05. The van der Waals surface area contributed by atoms with Crippen LogP contribution in [0.2, 0.25) is 0 Å². The van der Waals surface area contributed by atoms with E-state index >= 15 is 0 Å². The van der Waals surface area contributed by atoms with Crippen LogP contribution in [0.3, 0.4) is 0 Å². The van der Waals surface area contributed by atoms with E-state index in [1.165, 1.54) is 12.1 Å². The zero-order chi connectivity index (χ0) is 16.9. The van der Waals surface area contributed by atoms with Crippen LogP contribution in [0.1, 0.15) is 15.9 Å². The van der Waals surface area contributed by atoms with Gasteiger partial charge in [0.15, 0.2) is 18.1 Å². The Morgan fingerprint density at radius 3 is 2.75 bits per heavy atom. The van der Waals surface area contributed by atoms with Crippen molar-refractivity contribution in [3.05, 3.63) is 53.6 Å². The number of aromatic carboxylic acids is 1. The first-order chi connectivity index (χ1) is 11.6. The highest BCUT2D eigenvalue weighted by atomic mass is 16.7. The summed E-state index contributed by atoms with van der Waals surface area (Å²) in [6.45, 7) is 0.232. The molecule has 0 unspecified atom stereocenters. The van der Waals surface area contributed by atoms with Crippen molar-refractivity contribution in [2.75, 3.05) is 13.4 Å². The molecule has 0 atom stereocenters. The van der Waals surface area contributed by atoms with Crippen molar-refractivity contribution < 1.29 is 28.9 Å². The van der Waals surface area contributed by atoms with Crippen molar-refractivity contribution in [3.63, 3.8) is 0 Å². The van der Waals surface area contributed by atoms with Gasteiger partial charge in [0.2, 0.25) is 6.79 Å². The van der Waals surface area contributed by atoms with Gasteiger partial charge in [-0.05, 0) is 29.8 Å². The third kappa shape index (κ3) is 3.57. The van der Waals surface area contributed by atoms with E-state index in [-0.39, 0.29) is 30.6 Å². The number of carboxylic acid groups (broad SMARTS) is 1. The molecule has 0 radical (unpaired) electrons. The highest BCUT2D eigenvalue weighted by molar-refractivity contribution is 5.91. The van der Waals surface area contributed by atoms with Gasteiger partial charge >= 0.3 is 5.97 Å². The highest BCUT2D eigenvalue weighted by Gasteiger charge is 2.14. The number of amides is 1. The molecular weight excluding hydrogens is 314 g/mol. The lowest BCUT2D eigenvalue weighted by atomic mass is 10.2. The molecule has 3 rings (SSSR count). The molecule has 2 aromatic carbocycles. The van der Waals surface area contributed by atoms with E-state index in [2.05, 4.69) is 5.32 Å². The number of hydrogen-bond donors (Lipinski definition) is 2. The number of carbonyl (C=O) groups excluding carboxylic acids is 1. The summed E-state index contributed by atoms with van der Waals surface area (Å²) in [4.78, 5) is 22.9. The Kier molecular flexibility index (Phi) is 4.51. The van der Waals surface area contributed by atoms with E-state index in [1.54, 1.807) is 24.3 Å². The Hall–Kier alpha value is -3.22. The van der Waals surface area contributed by atoms with E-state index in [1.807, 2.05) is 6.07 Å². The van der Waals surface area contributed by atoms with Crippen molar-refractivity contribution in [1.82, 2.24) is 5.32 Å². The number of fused-ring (bicyclic) bond motifs is 1. The predicted octanol–water partition coefficient (Wildman–Crippen LogP) is 1.81. The van der Waals surface area contributed by atoms with E-state index in [0.717, 1.165) is 5.56 Å². The fourth-order valence-corrected chi connectivity index (χ4v) is 2.22. The molecule has 0 spiro atoms. The summed E-state index contributed by atoms with van der Waals surface area (Å²) in [5.41, 5.74) is 0.875. The third-order valence-corrected chi connectivity index (χ3v) is 3.40. The van der Waals surface area contributed by atoms with Crippen LogP contribution in [0.25, 0.3) is 0 Å². The Balaban J connectivity index is 1.52. The minimum atomic E-state index is -1.11. The summed E-state index contributed by atoms with van der Waals surface area (Å²) in [5.74, 6) is 0.0227. The fraction of sp³-hybridized carbons (Fsp3) is 0.176. The maximum Gasteiger partial charge on any atom is 0.339 e. The molecule has 1 aliphatic rings. The monoisotopic (exact) mass is 329 g/mol. The molecule has 0 saturated heterocycles. The molecule has 24 heavy (non-hydrogen) atoms. The van der Waals surface area contributed by atoms with Crippen molar-refractivity contribution >= 4 is 11.9 Å². The average molecular weight is 329 g/mol. The predicted molar refractivity (Wildman–Crippen MR) is 83.3 cm³/mol. The molecule has 1 aliphatic heterocycles. The number of ether oxygens (including phenoxy) is 3. The van der Waals surface area contributed by atoms with Crippen molar-refractivity contribution in [2.24, 2.45) is 0 Å². The first-order valence-corrected chi connectivity index (χ1v) is 7.24. The molecule has 2 N–H and O–H groups in total. The summed E-state index contributed by atoms with van der Waals surface area (Å²) in [7, 11) is 0. The van der Waals surface area contributed by atoms with Crippen molar-refractivity contribution in [3.8, 4) is 17.2 Å². The summed E-state index contributed by atoms with van der Waals surface area (Å²) < 4.78 is 15.8. The van der Waals surface area contributed by atoms with Crippen LogP contribution in [0.15, 0.2) is 42.5 Å². The Labute approximate surface area is 137 Å². The lowest BCUT2D eigenvalue weighted by molar-refractivity contribution is -0.123.